The zero-order chi connectivity index (χ0) is 26.5. The van der Waals surface area contributed by atoms with Gasteiger partial charge in [0, 0.05) is 37.3 Å². The number of carbonyl (C=O) groups excluding carboxylic acids is 3. The van der Waals surface area contributed by atoms with Crippen LogP contribution in [0.25, 0.3) is 5.69 Å². The first-order valence-electron chi connectivity index (χ1n) is 11.5. The molecule has 1 aromatic carbocycles. The molecule has 3 aromatic rings. The number of nitrogens with one attached hydrogen (secondary N) is 3. The lowest BCUT2D eigenvalue weighted by Gasteiger charge is -2.27. The van der Waals surface area contributed by atoms with Crippen LogP contribution in [-0.4, -0.2) is 48.1 Å². The highest BCUT2D eigenvalue weighted by Gasteiger charge is 2.43. The molecular weight excluding hydrogens is 523 g/mol. The summed E-state index contributed by atoms with van der Waals surface area (Å²) in [7, 11) is 0. The predicted octanol–water partition coefficient (Wildman–Crippen LogP) is 2.83. The third-order valence-electron chi connectivity index (χ3n) is 5.96. The Hall–Kier alpha value is -3.54. The second-order valence-electron chi connectivity index (χ2n) is 8.30. The molecule has 3 N–H and O–H groups in total. The maximum absolute atomic E-state index is 15.0. The zero-order valence-electron chi connectivity index (χ0n) is 19.7. The maximum Gasteiger partial charge on any atom is 0.310 e. The van der Waals surface area contributed by atoms with Crippen molar-refractivity contribution in [3.8, 4) is 5.69 Å². The molecular formula is C25H24ClFN4O5S. The van der Waals surface area contributed by atoms with E-state index in [1.54, 1.807) is 25.1 Å². The van der Waals surface area contributed by atoms with Crippen LogP contribution in [0.5, 0.6) is 0 Å². The fourth-order valence-electron chi connectivity index (χ4n) is 4.18. The number of halogens is 2. The number of benzene rings is 1. The van der Waals surface area contributed by atoms with Crippen LogP contribution in [-0.2, 0) is 14.3 Å². The van der Waals surface area contributed by atoms with E-state index < -0.39 is 41.5 Å². The summed E-state index contributed by atoms with van der Waals surface area (Å²) >= 11 is 6.99. The van der Waals surface area contributed by atoms with Crippen molar-refractivity contribution in [1.82, 2.24) is 15.2 Å². The van der Waals surface area contributed by atoms with Gasteiger partial charge in [0.05, 0.1) is 33.1 Å². The molecule has 1 unspecified atom stereocenters. The van der Waals surface area contributed by atoms with Crippen LogP contribution < -0.4 is 21.5 Å². The first-order valence-corrected chi connectivity index (χ1v) is 12.7. The molecule has 0 aliphatic carbocycles. The highest BCUT2D eigenvalue weighted by molar-refractivity contribution is 7.18. The van der Waals surface area contributed by atoms with E-state index in [-0.39, 0.29) is 41.5 Å². The molecule has 4 rings (SSSR count). The molecule has 37 heavy (non-hydrogen) atoms. The topological polar surface area (TPSA) is 119 Å². The third kappa shape index (κ3) is 6.07. The average Bonchev–Trinajstić information content (AvgIpc) is 3.53. The average molecular weight is 547 g/mol. The quantitative estimate of drug-likeness (QED) is 0.374. The van der Waals surface area contributed by atoms with Crippen LogP contribution in [0.4, 0.5) is 10.1 Å². The van der Waals surface area contributed by atoms with Gasteiger partial charge in [0.2, 0.25) is 5.91 Å². The van der Waals surface area contributed by atoms with E-state index in [4.69, 9.17) is 16.3 Å². The molecule has 0 bridgehead atoms. The van der Waals surface area contributed by atoms with E-state index in [0.29, 0.717) is 4.34 Å². The lowest BCUT2D eigenvalue weighted by atomic mass is 9.88. The molecule has 12 heteroatoms. The SMILES string of the molecule is CCOC(=O)[C@@H]1CNC[C@@H]1C(NC(=O)c1ccc(Cl)s1)C(=O)Nc1ccc(-n2ccccc2=O)cc1F. The van der Waals surface area contributed by atoms with Crippen molar-refractivity contribution in [3.63, 3.8) is 0 Å². The van der Waals surface area contributed by atoms with Gasteiger partial charge in [0.1, 0.15) is 11.9 Å². The highest BCUT2D eigenvalue weighted by atomic mass is 35.5. The van der Waals surface area contributed by atoms with Gasteiger partial charge in [-0.2, -0.15) is 0 Å². The van der Waals surface area contributed by atoms with Gasteiger partial charge >= 0.3 is 5.97 Å². The predicted molar refractivity (Wildman–Crippen MR) is 138 cm³/mol. The Labute approximate surface area is 220 Å². The second-order valence-corrected chi connectivity index (χ2v) is 10.0. The van der Waals surface area contributed by atoms with Gasteiger partial charge < -0.3 is 20.7 Å². The molecule has 0 spiro atoms. The molecule has 1 fully saturated rings. The van der Waals surface area contributed by atoms with E-state index >= 15 is 0 Å². The van der Waals surface area contributed by atoms with Crippen molar-refractivity contribution in [2.45, 2.75) is 13.0 Å². The molecule has 194 valence electrons. The van der Waals surface area contributed by atoms with Crippen LogP contribution in [0.3, 0.4) is 0 Å². The number of esters is 1. The molecule has 2 amide bonds. The van der Waals surface area contributed by atoms with Gasteiger partial charge in [-0.25, -0.2) is 4.39 Å². The Kier molecular flexibility index (Phi) is 8.37. The minimum atomic E-state index is -1.19. The summed E-state index contributed by atoms with van der Waals surface area (Å²) < 4.78 is 21.8. The van der Waals surface area contributed by atoms with Crippen LogP contribution in [0.1, 0.15) is 16.6 Å². The number of thiophene rings is 1. The smallest absolute Gasteiger partial charge is 0.310 e. The lowest BCUT2D eigenvalue weighted by Crippen LogP contribution is -2.51. The molecule has 1 aliphatic heterocycles. The number of amides is 2. The number of rotatable bonds is 8. The van der Waals surface area contributed by atoms with Crippen LogP contribution >= 0.6 is 22.9 Å². The molecule has 1 saturated heterocycles. The van der Waals surface area contributed by atoms with Crippen molar-refractivity contribution >= 4 is 46.4 Å². The maximum atomic E-state index is 15.0. The summed E-state index contributed by atoms with van der Waals surface area (Å²) in [5.74, 6) is -3.87. The molecule has 2 aromatic heterocycles. The summed E-state index contributed by atoms with van der Waals surface area (Å²) in [6, 6.07) is 10.4. The van der Waals surface area contributed by atoms with E-state index in [1.165, 1.54) is 35.0 Å². The first kappa shape index (κ1) is 26.5. The number of carbonyl (C=O) groups is 3. The minimum Gasteiger partial charge on any atom is -0.466 e. The molecule has 1 aliphatic rings. The van der Waals surface area contributed by atoms with Gasteiger partial charge in [-0.3, -0.25) is 23.7 Å². The van der Waals surface area contributed by atoms with Crippen molar-refractivity contribution in [2.24, 2.45) is 11.8 Å². The second kappa shape index (κ2) is 11.7. The highest BCUT2D eigenvalue weighted by Crippen LogP contribution is 2.26. The molecule has 3 heterocycles. The Balaban J connectivity index is 1.60. The molecule has 9 nitrogen and oxygen atoms in total. The summed E-state index contributed by atoms with van der Waals surface area (Å²) in [5.41, 5.74) is -0.202. The number of pyridine rings is 1. The van der Waals surface area contributed by atoms with Gasteiger partial charge in [-0.15, -0.1) is 11.3 Å². The number of nitrogens with zero attached hydrogens (tertiary/aromatic N) is 1. The number of ether oxygens (including phenoxy) is 1. The van der Waals surface area contributed by atoms with Crippen molar-refractivity contribution in [2.75, 3.05) is 25.0 Å². The largest absolute Gasteiger partial charge is 0.466 e. The fourth-order valence-corrected chi connectivity index (χ4v) is 5.13. The molecule has 0 radical (unpaired) electrons. The molecule has 0 saturated carbocycles. The third-order valence-corrected chi connectivity index (χ3v) is 7.19. The zero-order valence-corrected chi connectivity index (χ0v) is 21.3. The Morgan fingerprint density at radius 2 is 2.03 bits per heavy atom. The van der Waals surface area contributed by atoms with E-state index in [9.17, 15) is 23.6 Å². The Morgan fingerprint density at radius 1 is 1.22 bits per heavy atom. The van der Waals surface area contributed by atoms with Crippen LogP contribution in [0.2, 0.25) is 4.34 Å². The summed E-state index contributed by atoms with van der Waals surface area (Å²) in [6.45, 7) is 2.37. The van der Waals surface area contributed by atoms with E-state index in [0.717, 1.165) is 17.4 Å². The van der Waals surface area contributed by atoms with E-state index in [1.807, 2.05) is 0 Å². The van der Waals surface area contributed by atoms with E-state index in [2.05, 4.69) is 16.0 Å². The van der Waals surface area contributed by atoms with Crippen LogP contribution in [0.15, 0.2) is 59.5 Å². The lowest BCUT2D eigenvalue weighted by molar-refractivity contribution is -0.149. The van der Waals surface area contributed by atoms with Crippen LogP contribution in [0, 0.1) is 17.7 Å². The summed E-state index contributed by atoms with van der Waals surface area (Å²) in [6.07, 6.45) is 1.50. The van der Waals surface area contributed by atoms with Crippen molar-refractivity contribution in [3.05, 3.63) is 80.1 Å². The monoisotopic (exact) mass is 546 g/mol. The number of anilines is 1. The number of hydrogen-bond donors (Lipinski definition) is 3. The summed E-state index contributed by atoms with van der Waals surface area (Å²) in [4.78, 5) is 51.2. The minimum absolute atomic E-state index is 0.144. The van der Waals surface area contributed by atoms with Gasteiger partial charge in [0.25, 0.3) is 11.5 Å². The van der Waals surface area contributed by atoms with Crippen molar-refractivity contribution in [1.29, 1.82) is 0 Å². The number of hydrogen-bond acceptors (Lipinski definition) is 7. The molecule has 3 atom stereocenters. The standard InChI is InChI=1S/C25H24ClFN4O5S/c1-2-36-25(35)16-13-28-12-15(16)22(30-23(33)19-8-9-20(26)37-19)24(34)29-18-7-6-14(11-17(18)27)31-10-4-3-5-21(31)32/h3-11,15-16,22,28H,2,12-13H2,1H3,(H,29,34)(H,30,33)/t15-,16+,22?/m0/s1. The number of aromatic nitrogens is 1. The summed E-state index contributed by atoms with van der Waals surface area (Å²) in [5, 5.41) is 8.26. The Morgan fingerprint density at radius 3 is 2.70 bits per heavy atom. The normalized spacial score (nSPS) is 17.7. The Bertz CT molecular complexity index is 1380. The first-order chi connectivity index (χ1) is 17.8. The fraction of sp³-hybridized carbons (Fsp3) is 0.280. The van der Waals surface area contributed by atoms with Gasteiger partial charge in [0.15, 0.2) is 0 Å². The van der Waals surface area contributed by atoms with Gasteiger partial charge in [-0.05, 0) is 37.3 Å². The van der Waals surface area contributed by atoms with Crippen molar-refractivity contribution < 1.29 is 23.5 Å². The van der Waals surface area contributed by atoms with Gasteiger partial charge in [-0.1, -0.05) is 17.7 Å².